The summed E-state index contributed by atoms with van der Waals surface area (Å²) in [5, 5.41) is 9.27. The Balaban J connectivity index is 2.20. The van der Waals surface area contributed by atoms with Gasteiger partial charge in [-0.2, -0.15) is 0 Å². The molecule has 64 valence electrons. The van der Waals surface area contributed by atoms with Gasteiger partial charge in [-0.05, 0) is 42.4 Å². The molecule has 4 atom stereocenters. The van der Waals surface area contributed by atoms with E-state index < -0.39 is 0 Å². The fourth-order valence-corrected chi connectivity index (χ4v) is 3.45. The maximum Gasteiger partial charge on any atom is 0.0487 e. The molecule has 2 fully saturated rings. The SMILES string of the molecule is CC1C2CCC1C(C)(CO)C2. The second-order valence-corrected chi connectivity index (χ2v) is 4.82. The van der Waals surface area contributed by atoms with Crippen LogP contribution < -0.4 is 0 Å². The fourth-order valence-electron chi connectivity index (χ4n) is 3.45. The van der Waals surface area contributed by atoms with Crippen LogP contribution in [0.3, 0.4) is 0 Å². The summed E-state index contributed by atoms with van der Waals surface area (Å²) in [7, 11) is 0. The van der Waals surface area contributed by atoms with E-state index in [0.29, 0.717) is 6.61 Å². The Morgan fingerprint density at radius 2 is 2.18 bits per heavy atom. The highest BCUT2D eigenvalue weighted by molar-refractivity contribution is 5.01. The minimum Gasteiger partial charge on any atom is -0.396 e. The summed E-state index contributed by atoms with van der Waals surface area (Å²) in [5.74, 6) is 2.63. The molecule has 0 aromatic carbocycles. The van der Waals surface area contributed by atoms with Gasteiger partial charge in [-0.1, -0.05) is 13.8 Å². The van der Waals surface area contributed by atoms with E-state index in [2.05, 4.69) is 13.8 Å². The number of hydrogen-bond acceptors (Lipinski definition) is 1. The molecule has 2 bridgehead atoms. The van der Waals surface area contributed by atoms with Gasteiger partial charge in [0.25, 0.3) is 0 Å². The van der Waals surface area contributed by atoms with Crippen molar-refractivity contribution >= 4 is 0 Å². The zero-order valence-electron chi connectivity index (χ0n) is 7.51. The Kier molecular flexibility index (Phi) is 1.54. The first-order valence-corrected chi connectivity index (χ1v) is 4.78. The molecule has 2 rings (SSSR count). The molecule has 0 aromatic rings. The smallest absolute Gasteiger partial charge is 0.0487 e. The number of hydrogen-bond donors (Lipinski definition) is 1. The van der Waals surface area contributed by atoms with E-state index in [9.17, 15) is 5.11 Å². The Bertz CT molecular complexity index is 166. The molecule has 0 amide bonds. The van der Waals surface area contributed by atoms with Gasteiger partial charge < -0.3 is 5.11 Å². The maximum absolute atomic E-state index is 9.27. The monoisotopic (exact) mass is 154 g/mol. The molecule has 1 N–H and O–H groups in total. The van der Waals surface area contributed by atoms with E-state index in [1.54, 1.807) is 0 Å². The predicted octanol–water partition coefficient (Wildman–Crippen LogP) is 2.05. The molecule has 2 aliphatic carbocycles. The van der Waals surface area contributed by atoms with Crippen molar-refractivity contribution in [2.45, 2.75) is 33.1 Å². The van der Waals surface area contributed by atoms with Gasteiger partial charge in [-0.3, -0.25) is 0 Å². The summed E-state index contributed by atoms with van der Waals surface area (Å²) in [6, 6.07) is 0. The Labute approximate surface area is 68.8 Å². The summed E-state index contributed by atoms with van der Waals surface area (Å²) >= 11 is 0. The summed E-state index contributed by atoms with van der Waals surface area (Å²) in [6.07, 6.45) is 4.06. The van der Waals surface area contributed by atoms with E-state index in [0.717, 1.165) is 17.8 Å². The quantitative estimate of drug-likeness (QED) is 0.613. The van der Waals surface area contributed by atoms with Crippen LogP contribution in [0.5, 0.6) is 0 Å². The van der Waals surface area contributed by atoms with Gasteiger partial charge in [0, 0.05) is 6.61 Å². The number of fused-ring (bicyclic) bond motifs is 2. The van der Waals surface area contributed by atoms with Crippen LogP contribution >= 0.6 is 0 Å². The largest absolute Gasteiger partial charge is 0.396 e. The molecule has 1 heteroatoms. The van der Waals surface area contributed by atoms with Crippen LogP contribution in [0.4, 0.5) is 0 Å². The molecule has 11 heavy (non-hydrogen) atoms. The highest BCUT2D eigenvalue weighted by Crippen LogP contribution is 2.58. The summed E-state index contributed by atoms with van der Waals surface area (Å²) in [4.78, 5) is 0. The lowest BCUT2D eigenvalue weighted by Gasteiger charge is -2.32. The van der Waals surface area contributed by atoms with Crippen LogP contribution in [-0.2, 0) is 0 Å². The third-order valence-electron chi connectivity index (χ3n) is 4.21. The lowest BCUT2D eigenvalue weighted by molar-refractivity contribution is 0.0784. The average molecular weight is 154 g/mol. The molecule has 1 nitrogen and oxygen atoms in total. The fraction of sp³-hybridized carbons (Fsp3) is 1.00. The number of aliphatic hydroxyl groups is 1. The highest BCUT2D eigenvalue weighted by atomic mass is 16.3. The molecule has 0 aromatic heterocycles. The lowest BCUT2D eigenvalue weighted by atomic mass is 9.75. The van der Waals surface area contributed by atoms with Crippen molar-refractivity contribution < 1.29 is 5.11 Å². The van der Waals surface area contributed by atoms with E-state index in [4.69, 9.17) is 0 Å². The second-order valence-electron chi connectivity index (χ2n) is 4.82. The predicted molar refractivity (Wildman–Crippen MR) is 45.2 cm³/mol. The van der Waals surface area contributed by atoms with Crippen LogP contribution in [0.15, 0.2) is 0 Å². The molecule has 0 spiro atoms. The molecule has 4 unspecified atom stereocenters. The Morgan fingerprint density at radius 1 is 1.45 bits per heavy atom. The van der Waals surface area contributed by atoms with Crippen LogP contribution in [0, 0.1) is 23.2 Å². The zero-order valence-corrected chi connectivity index (χ0v) is 7.51. The van der Waals surface area contributed by atoms with Crippen LogP contribution in [0.1, 0.15) is 33.1 Å². The van der Waals surface area contributed by atoms with Gasteiger partial charge in [0.15, 0.2) is 0 Å². The summed E-state index contributed by atoms with van der Waals surface area (Å²) < 4.78 is 0. The van der Waals surface area contributed by atoms with E-state index >= 15 is 0 Å². The number of rotatable bonds is 1. The second kappa shape index (κ2) is 2.22. The zero-order chi connectivity index (χ0) is 8.06. The first kappa shape index (κ1) is 7.60. The highest BCUT2D eigenvalue weighted by Gasteiger charge is 2.51. The molecular weight excluding hydrogens is 136 g/mol. The van der Waals surface area contributed by atoms with Gasteiger partial charge >= 0.3 is 0 Å². The van der Waals surface area contributed by atoms with E-state index in [-0.39, 0.29) is 5.41 Å². The third-order valence-corrected chi connectivity index (χ3v) is 4.21. The lowest BCUT2D eigenvalue weighted by Crippen LogP contribution is -2.28. The normalized spacial score (nSPS) is 55.4. The third kappa shape index (κ3) is 0.868. The standard InChI is InChI=1S/C10H18O/c1-7-8-3-4-9(7)10(2,5-8)6-11/h7-9,11H,3-6H2,1-2H3. The van der Waals surface area contributed by atoms with Gasteiger partial charge in [0.2, 0.25) is 0 Å². The first-order valence-electron chi connectivity index (χ1n) is 4.78. The minimum atomic E-state index is 0.280. The van der Waals surface area contributed by atoms with Gasteiger partial charge in [0.05, 0.1) is 0 Å². The van der Waals surface area contributed by atoms with Gasteiger partial charge in [-0.25, -0.2) is 0 Å². The maximum atomic E-state index is 9.27. The summed E-state index contributed by atoms with van der Waals surface area (Å²) in [5.41, 5.74) is 0.280. The van der Waals surface area contributed by atoms with Gasteiger partial charge in [0.1, 0.15) is 0 Å². The van der Waals surface area contributed by atoms with Crippen molar-refractivity contribution in [3.63, 3.8) is 0 Å². The van der Waals surface area contributed by atoms with E-state index in [1.165, 1.54) is 19.3 Å². The van der Waals surface area contributed by atoms with Crippen molar-refractivity contribution in [1.82, 2.24) is 0 Å². The molecule has 2 saturated carbocycles. The van der Waals surface area contributed by atoms with E-state index in [1.807, 2.05) is 0 Å². The van der Waals surface area contributed by atoms with Crippen molar-refractivity contribution in [3.05, 3.63) is 0 Å². The molecule has 0 heterocycles. The van der Waals surface area contributed by atoms with Gasteiger partial charge in [-0.15, -0.1) is 0 Å². The molecule has 2 aliphatic rings. The molecular formula is C10H18O. The van der Waals surface area contributed by atoms with Crippen molar-refractivity contribution in [1.29, 1.82) is 0 Å². The van der Waals surface area contributed by atoms with Crippen LogP contribution in [-0.4, -0.2) is 11.7 Å². The van der Waals surface area contributed by atoms with Crippen molar-refractivity contribution in [3.8, 4) is 0 Å². The van der Waals surface area contributed by atoms with Crippen LogP contribution in [0.2, 0.25) is 0 Å². The van der Waals surface area contributed by atoms with Crippen molar-refractivity contribution in [2.24, 2.45) is 23.2 Å². The summed E-state index contributed by atoms with van der Waals surface area (Å²) in [6.45, 7) is 5.02. The Morgan fingerprint density at radius 3 is 2.45 bits per heavy atom. The van der Waals surface area contributed by atoms with Crippen molar-refractivity contribution in [2.75, 3.05) is 6.61 Å². The minimum absolute atomic E-state index is 0.280. The average Bonchev–Trinajstić information content (AvgIpc) is 2.44. The molecule has 0 radical (unpaired) electrons. The van der Waals surface area contributed by atoms with Crippen LogP contribution in [0.25, 0.3) is 0 Å². The molecule has 0 saturated heterocycles. The number of aliphatic hydroxyl groups excluding tert-OH is 1. The topological polar surface area (TPSA) is 20.2 Å². The Hall–Kier alpha value is -0.0400. The first-order chi connectivity index (χ1) is 5.17. The molecule has 0 aliphatic heterocycles.